The summed E-state index contributed by atoms with van der Waals surface area (Å²) in [5.74, 6) is 4.10. The predicted molar refractivity (Wildman–Crippen MR) is 66.0 cm³/mol. The summed E-state index contributed by atoms with van der Waals surface area (Å²) in [7, 11) is -3.74. The maximum atomic E-state index is 10.3. The molecule has 14 heavy (non-hydrogen) atoms. The van der Waals surface area contributed by atoms with Gasteiger partial charge in [0.1, 0.15) is 0 Å². The Morgan fingerprint density at radius 1 is 1.07 bits per heavy atom. The smallest absolute Gasteiger partial charge is 0.264 e. The minimum atomic E-state index is -3.74. The maximum absolute atomic E-state index is 10.3. The van der Waals surface area contributed by atoms with Crippen LogP contribution in [0, 0.1) is 0 Å². The molecule has 6 heteroatoms. The van der Waals surface area contributed by atoms with Gasteiger partial charge >= 0.3 is 0 Å². The number of rotatable bonds is 9. The van der Waals surface area contributed by atoms with E-state index in [1.54, 1.807) is 11.8 Å². The minimum Gasteiger partial charge on any atom is -0.286 e. The summed E-state index contributed by atoms with van der Waals surface area (Å²) in [6, 6.07) is 0. The van der Waals surface area contributed by atoms with Crippen LogP contribution in [0.15, 0.2) is 0 Å². The maximum Gasteiger partial charge on any atom is 0.264 e. The van der Waals surface area contributed by atoms with Crippen molar-refractivity contribution in [1.82, 2.24) is 0 Å². The molecule has 0 spiro atoms. The van der Waals surface area contributed by atoms with Gasteiger partial charge in [0.25, 0.3) is 10.1 Å². The number of hydrogen-bond donors (Lipinski definition) is 1. The zero-order valence-electron chi connectivity index (χ0n) is 8.44. The van der Waals surface area contributed by atoms with E-state index in [2.05, 4.69) is 6.92 Å². The molecule has 0 rings (SSSR count). The Morgan fingerprint density at radius 2 is 1.64 bits per heavy atom. The SMILES string of the molecule is CCCSCCSCCCS(=O)(=O)O. The fourth-order valence-electron chi connectivity index (χ4n) is 0.810. The van der Waals surface area contributed by atoms with Crippen molar-refractivity contribution in [3.05, 3.63) is 0 Å². The van der Waals surface area contributed by atoms with Gasteiger partial charge in [-0.25, -0.2) is 0 Å². The Labute approximate surface area is 95.2 Å². The van der Waals surface area contributed by atoms with Crippen LogP contribution in [0.1, 0.15) is 19.8 Å². The fraction of sp³-hybridized carbons (Fsp3) is 1.00. The first-order valence-electron chi connectivity index (χ1n) is 4.67. The molecule has 0 saturated carbocycles. The molecule has 3 nitrogen and oxygen atoms in total. The topological polar surface area (TPSA) is 54.4 Å². The lowest BCUT2D eigenvalue weighted by Gasteiger charge is -2.00. The molecule has 0 radical (unpaired) electrons. The van der Waals surface area contributed by atoms with E-state index in [9.17, 15) is 8.42 Å². The van der Waals surface area contributed by atoms with E-state index in [0.29, 0.717) is 6.42 Å². The van der Waals surface area contributed by atoms with E-state index in [0.717, 1.165) is 17.3 Å². The molecule has 0 aliphatic heterocycles. The zero-order chi connectivity index (χ0) is 10.9. The monoisotopic (exact) mass is 258 g/mol. The third-order valence-electron chi connectivity index (χ3n) is 1.41. The quantitative estimate of drug-likeness (QED) is 0.507. The number of hydrogen-bond acceptors (Lipinski definition) is 4. The second kappa shape index (κ2) is 8.88. The lowest BCUT2D eigenvalue weighted by atomic mass is 10.6. The molecule has 1 N–H and O–H groups in total. The van der Waals surface area contributed by atoms with Gasteiger partial charge < -0.3 is 0 Å². The molecule has 0 heterocycles. The summed E-state index contributed by atoms with van der Waals surface area (Å²) in [6.45, 7) is 2.16. The molecule has 86 valence electrons. The molecule has 0 amide bonds. The van der Waals surface area contributed by atoms with Crippen LogP contribution in [0.5, 0.6) is 0 Å². The highest BCUT2D eigenvalue weighted by Gasteiger charge is 2.02. The van der Waals surface area contributed by atoms with Crippen LogP contribution in [0.2, 0.25) is 0 Å². The molecule has 0 saturated heterocycles. The Balaban J connectivity index is 3.07. The van der Waals surface area contributed by atoms with E-state index in [-0.39, 0.29) is 5.75 Å². The van der Waals surface area contributed by atoms with Crippen LogP contribution in [0.25, 0.3) is 0 Å². The van der Waals surface area contributed by atoms with Gasteiger partial charge in [0.05, 0.1) is 5.75 Å². The van der Waals surface area contributed by atoms with Gasteiger partial charge in [-0.05, 0) is 24.3 Å². The lowest BCUT2D eigenvalue weighted by molar-refractivity contribution is 0.482. The Bertz CT molecular complexity index is 214. The minimum absolute atomic E-state index is 0.109. The van der Waals surface area contributed by atoms with Crippen LogP contribution >= 0.6 is 23.5 Å². The fourth-order valence-corrected chi connectivity index (χ4v) is 3.49. The summed E-state index contributed by atoms with van der Waals surface area (Å²) < 4.78 is 29.1. The molecule has 0 aliphatic rings. The van der Waals surface area contributed by atoms with Gasteiger partial charge in [-0.3, -0.25) is 4.55 Å². The standard InChI is InChI=1S/C8H18O3S3/c1-2-4-12-6-7-13-5-3-8-14(9,10)11/h2-8H2,1H3,(H,9,10,11). The predicted octanol–water partition coefficient (Wildman–Crippen LogP) is 2.14. The normalized spacial score (nSPS) is 11.9. The van der Waals surface area contributed by atoms with Gasteiger partial charge in [0.2, 0.25) is 0 Å². The molecular formula is C8H18O3S3. The van der Waals surface area contributed by atoms with Crippen molar-refractivity contribution in [2.24, 2.45) is 0 Å². The molecule has 0 aromatic rings. The van der Waals surface area contributed by atoms with Gasteiger partial charge in [-0.1, -0.05) is 6.92 Å². The van der Waals surface area contributed by atoms with Crippen molar-refractivity contribution in [3.63, 3.8) is 0 Å². The largest absolute Gasteiger partial charge is 0.286 e. The lowest BCUT2D eigenvalue weighted by Crippen LogP contribution is -2.04. The second-order valence-electron chi connectivity index (χ2n) is 2.86. The Hall–Kier alpha value is 0.610. The molecule has 0 unspecified atom stereocenters. The average Bonchev–Trinajstić information content (AvgIpc) is 2.08. The van der Waals surface area contributed by atoms with E-state index in [4.69, 9.17) is 4.55 Å². The molecular weight excluding hydrogens is 240 g/mol. The van der Waals surface area contributed by atoms with Crippen molar-refractivity contribution in [3.8, 4) is 0 Å². The average molecular weight is 258 g/mol. The van der Waals surface area contributed by atoms with Crippen molar-refractivity contribution < 1.29 is 13.0 Å². The van der Waals surface area contributed by atoms with Crippen molar-refractivity contribution >= 4 is 33.6 Å². The van der Waals surface area contributed by atoms with Crippen LogP contribution < -0.4 is 0 Å². The van der Waals surface area contributed by atoms with Gasteiger partial charge in [-0.15, -0.1) is 0 Å². The first kappa shape index (κ1) is 14.6. The van der Waals surface area contributed by atoms with Crippen molar-refractivity contribution in [2.45, 2.75) is 19.8 Å². The third kappa shape index (κ3) is 12.6. The van der Waals surface area contributed by atoms with E-state index in [1.807, 2.05) is 11.8 Å². The molecule has 0 bridgehead atoms. The van der Waals surface area contributed by atoms with Crippen molar-refractivity contribution in [1.29, 1.82) is 0 Å². The summed E-state index contributed by atoms with van der Waals surface area (Å²) in [5.41, 5.74) is 0. The first-order valence-corrected chi connectivity index (χ1v) is 8.58. The van der Waals surface area contributed by atoms with E-state index in [1.165, 1.54) is 12.2 Å². The van der Waals surface area contributed by atoms with Gasteiger partial charge in [0.15, 0.2) is 0 Å². The highest BCUT2D eigenvalue weighted by molar-refractivity contribution is 8.02. The zero-order valence-corrected chi connectivity index (χ0v) is 10.9. The Kier molecular flexibility index (Phi) is 9.27. The summed E-state index contributed by atoms with van der Waals surface area (Å²) >= 11 is 3.68. The van der Waals surface area contributed by atoms with Crippen LogP contribution in [0.3, 0.4) is 0 Å². The van der Waals surface area contributed by atoms with Gasteiger partial charge in [-0.2, -0.15) is 31.9 Å². The summed E-state index contributed by atoms with van der Waals surface area (Å²) in [4.78, 5) is 0. The van der Waals surface area contributed by atoms with E-state index < -0.39 is 10.1 Å². The van der Waals surface area contributed by atoms with Gasteiger partial charge in [0, 0.05) is 11.5 Å². The van der Waals surface area contributed by atoms with Crippen molar-refractivity contribution in [2.75, 3.05) is 28.8 Å². The van der Waals surface area contributed by atoms with Crippen LogP contribution in [-0.4, -0.2) is 41.7 Å². The summed E-state index contributed by atoms with van der Waals surface area (Å²) in [5, 5.41) is 0. The molecule has 0 fully saturated rings. The highest BCUT2D eigenvalue weighted by Crippen LogP contribution is 2.09. The molecule has 0 aromatic heterocycles. The number of thioether (sulfide) groups is 2. The first-order chi connectivity index (χ1) is 6.56. The highest BCUT2D eigenvalue weighted by atomic mass is 32.2. The third-order valence-corrected chi connectivity index (χ3v) is 4.73. The second-order valence-corrected chi connectivity index (χ2v) is 6.89. The van der Waals surface area contributed by atoms with E-state index >= 15 is 0 Å². The Morgan fingerprint density at radius 3 is 2.14 bits per heavy atom. The summed E-state index contributed by atoms with van der Waals surface area (Å²) in [6.07, 6.45) is 1.75. The molecule has 0 aromatic carbocycles. The molecule has 0 atom stereocenters. The van der Waals surface area contributed by atoms with Crippen LogP contribution in [0.4, 0.5) is 0 Å². The van der Waals surface area contributed by atoms with Crippen LogP contribution in [-0.2, 0) is 10.1 Å². The molecule has 0 aliphatic carbocycles.